The fourth-order valence-corrected chi connectivity index (χ4v) is 1.82. The van der Waals surface area contributed by atoms with Crippen LogP contribution in [0.25, 0.3) is 5.69 Å². The van der Waals surface area contributed by atoms with E-state index in [0.717, 1.165) is 23.6 Å². The number of nitrogens with one attached hydrogen (secondary N) is 1. The lowest BCUT2D eigenvalue weighted by Gasteiger charge is -2.08. The average molecular weight is 252 g/mol. The van der Waals surface area contributed by atoms with E-state index in [1.807, 2.05) is 32.0 Å². The highest BCUT2D eigenvalue weighted by Gasteiger charge is 2.09. The van der Waals surface area contributed by atoms with Crippen LogP contribution in [-0.2, 0) is 6.54 Å². The first-order valence-electron chi connectivity index (χ1n) is 5.47. The molecule has 0 aliphatic carbocycles. The molecule has 1 N–H and O–H groups in total. The van der Waals surface area contributed by atoms with Crippen molar-refractivity contribution in [2.75, 3.05) is 6.54 Å². The highest BCUT2D eigenvalue weighted by molar-refractivity contribution is 6.30. The summed E-state index contributed by atoms with van der Waals surface area (Å²) in [7, 11) is 0. The fraction of sp³-hybridized carbons (Fsp3) is 0.364. The molecule has 17 heavy (non-hydrogen) atoms. The minimum atomic E-state index is 0.644. The van der Waals surface area contributed by atoms with E-state index < -0.39 is 0 Å². The zero-order valence-electron chi connectivity index (χ0n) is 9.81. The molecular weight excluding hydrogens is 238 g/mol. The van der Waals surface area contributed by atoms with Gasteiger partial charge in [0.25, 0.3) is 0 Å². The third-order valence-electron chi connectivity index (χ3n) is 2.45. The third kappa shape index (κ3) is 2.62. The third-order valence-corrected chi connectivity index (χ3v) is 2.69. The maximum absolute atomic E-state index is 5.93. The van der Waals surface area contributed by atoms with Gasteiger partial charge in [0.05, 0.1) is 12.2 Å². The summed E-state index contributed by atoms with van der Waals surface area (Å²) >= 11 is 5.93. The van der Waals surface area contributed by atoms with Gasteiger partial charge in [0, 0.05) is 5.02 Å². The SMILES string of the molecule is CCNCc1nnnn1-c1ccc(Cl)cc1C. The molecule has 0 fully saturated rings. The molecule has 2 aromatic rings. The maximum atomic E-state index is 5.93. The summed E-state index contributed by atoms with van der Waals surface area (Å²) in [5.74, 6) is 0.789. The summed E-state index contributed by atoms with van der Waals surface area (Å²) in [6.45, 7) is 5.56. The van der Waals surface area contributed by atoms with Gasteiger partial charge in [-0.1, -0.05) is 18.5 Å². The molecule has 0 unspecified atom stereocenters. The Balaban J connectivity index is 2.35. The topological polar surface area (TPSA) is 55.6 Å². The second kappa shape index (κ2) is 5.25. The Bertz CT molecular complexity index is 508. The van der Waals surface area contributed by atoms with E-state index >= 15 is 0 Å². The van der Waals surface area contributed by atoms with Crippen molar-refractivity contribution in [2.45, 2.75) is 20.4 Å². The fourth-order valence-electron chi connectivity index (χ4n) is 1.60. The Hall–Kier alpha value is -1.46. The number of nitrogens with zero attached hydrogens (tertiary/aromatic N) is 4. The molecule has 0 atom stereocenters. The van der Waals surface area contributed by atoms with E-state index in [9.17, 15) is 0 Å². The lowest BCUT2D eigenvalue weighted by Crippen LogP contribution is -2.16. The van der Waals surface area contributed by atoms with Crippen molar-refractivity contribution in [2.24, 2.45) is 0 Å². The Morgan fingerprint density at radius 3 is 2.94 bits per heavy atom. The van der Waals surface area contributed by atoms with E-state index in [1.54, 1.807) is 4.68 Å². The van der Waals surface area contributed by atoms with Gasteiger partial charge in [-0.2, -0.15) is 4.68 Å². The van der Waals surface area contributed by atoms with Gasteiger partial charge in [-0.3, -0.25) is 0 Å². The Morgan fingerprint density at radius 1 is 1.41 bits per heavy atom. The van der Waals surface area contributed by atoms with E-state index in [1.165, 1.54) is 0 Å². The van der Waals surface area contributed by atoms with Crippen LogP contribution in [0.4, 0.5) is 0 Å². The minimum Gasteiger partial charge on any atom is -0.310 e. The lowest BCUT2D eigenvalue weighted by molar-refractivity contribution is 0.663. The summed E-state index contributed by atoms with van der Waals surface area (Å²) in [6.07, 6.45) is 0. The van der Waals surface area contributed by atoms with Gasteiger partial charge in [0.15, 0.2) is 5.82 Å². The van der Waals surface area contributed by atoms with Crippen LogP contribution in [0.5, 0.6) is 0 Å². The highest BCUT2D eigenvalue weighted by Crippen LogP contribution is 2.18. The number of aromatic nitrogens is 4. The van der Waals surface area contributed by atoms with Crippen LogP contribution in [-0.4, -0.2) is 26.8 Å². The van der Waals surface area contributed by atoms with Crippen LogP contribution in [0.2, 0.25) is 5.02 Å². The van der Waals surface area contributed by atoms with Crippen molar-refractivity contribution < 1.29 is 0 Å². The molecule has 0 bridgehead atoms. The van der Waals surface area contributed by atoms with Crippen molar-refractivity contribution in [1.29, 1.82) is 0 Å². The molecule has 0 amide bonds. The van der Waals surface area contributed by atoms with Gasteiger partial charge in [0.1, 0.15) is 0 Å². The number of benzene rings is 1. The Kier molecular flexibility index (Phi) is 3.71. The standard InChI is InChI=1S/C11H14ClN5/c1-3-13-7-11-14-15-16-17(11)10-5-4-9(12)6-8(10)2/h4-6,13H,3,7H2,1-2H3. The molecule has 90 valence electrons. The molecule has 0 saturated heterocycles. The first kappa shape index (κ1) is 12.0. The number of tetrazole rings is 1. The number of rotatable bonds is 4. The lowest BCUT2D eigenvalue weighted by atomic mass is 10.2. The molecule has 0 saturated carbocycles. The first-order chi connectivity index (χ1) is 8.22. The van der Waals surface area contributed by atoms with Crippen molar-refractivity contribution in [3.8, 4) is 5.69 Å². The predicted molar refractivity (Wildman–Crippen MR) is 66.3 cm³/mol. The molecule has 1 aromatic heterocycles. The molecule has 0 aliphatic heterocycles. The number of hydrogen-bond donors (Lipinski definition) is 1. The van der Waals surface area contributed by atoms with Crippen molar-refractivity contribution in [3.63, 3.8) is 0 Å². The normalized spacial score (nSPS) is 10.8. The second-order valence-electron chi connectivity index (χ2n) is 3.72. The molecule has 2 rings (SSSR count). The van der Waals surface area contributed by atoms with E-state index in [0.29, 0.717) is 11.6 Å². The zero-order chi connectivity index (χ0) is 12.3. The maximum Gasteiger partial charge on any atom is 0.170 e. The van der Waals surface area contributed by atoms with Gasteiger partial charge >= 0.3 is 0 Å². The van der Waals surface area contributed by atoms with Crippen molar-refractivity contribution in [1.82, 2.24) is 25.5 Å². The van der Waals surface area contributed by atoms with Crippen LogP contribution >= 0.6 is 11.6 Å². The molecule has 0 radical (unpaired) electrons. The van der Waals surface area contributed by atoms with Crippen LogP contribution in [0.15, 0.2) is 18.2 Å². The molecule has 5 nitrogen and oxygen atoms in total. The molecular formula is C11H14ClN5. The van der Waals surface area contributed by atoms with Gasteiger partial charge in [-0.15, -0.1) is 5.10 Å². The van der Waals surface area contributed by atoms with Gasteiger partial charge < -0.3 is 5.32 Å². The summed E-state index contributed by atoms with van der Waals surface area (Å²) in [5, 5.41) is 15.6. The molecule has 1 aromatic carbocycles. The summed E-state index contributed by atoms with van der Waals surface area (Å²) in [5.41, 5.74) is 2.00. The minimum absolute atomic E-state index is 0.644. The van der Waals surface area contributed by atoms with Crippen LogP contribution < -0.4 is 5.32 Å². The monoisotopic (exact) mass is 251 g/mol. The predicted octanol–water partition coefficient (Wildman–Crippen LogP) is 1.73. The summed E-state index contributed by atoms with van der Waals surface area (Å²) in [6, 6.07) is 5.65. The van der Waals surface area contributed by atoms with Gasteiger partial charge in [-0.05, 0) is 47.7 Å². The molecule has 0 spiro atoms. The highest BCUT2D eigenvalue weighted by atomic mass is 35.5. The summed E-state index contributed by atoms with van der Waals surface area (Å²) < 4.78 is 1.73. The van der Waals surface area contributed by atoms with Gasteiger partial charge in [-0.25, -0.2) is 0 Å². The van der Waals surface area contributed by atoms with E-state index in [4.69, 9.17) is 11.6 Å². The Morgan fingerprint density at radius 2 is 2.24 bits per heavy atom. The van der Waals surface area contributed by atoms with Crippen molar-refractivity contribution in [3.05, 3.63) is 34.6 Å². The van der Waals surface area contributed by atoms with Crippen LogP contribution in [0, 0.1) is 6.92 Å². The quantitative estimate of drug-likeness (QED) is 0.899. The zero-order valence-corrected chi connectivity index (χ0v) is 10.6. The molecule has 6 heteroatoms. The molecule has 0 aliphatic rings. The smallest absolute Gasteiger partial charge is 0.170 e. The first-order valence-corrected chi connectivity index (χ1v) is 5.84. The number of hydrogen-bond acceptors (Lipinski definition) is 4. The Labute approximate surface area is 105 Å². The van der Waals surface area contributed by atoms with E-state index in [-0.39, 0.29) is 0 Å². The largest absolute Gasteiger partial charge is 0.310 e. The van der Waals surface area contributed by atoms with Crippen LogP contribution in [0.3, 0.4) is 0 Å². The number of halogens is 1. The number of aryl methyl sites for hydroxylation is 1. The second-order valence-corrected chi connectivity index (χ2v) is 4.15. The van der Waals surface area contributed by atoms with Crippen LogP contribution in [0.1, 0.15) is 18.3 Å². The molecule has 1 heterocycles. The van der Waals surface area contributed by atoms with E-state index in [2.05, 4.69) is 20.8 Å². The summed E-state index contributed by atoms with van der Waals surface area (Å²) in [4.78, 5) is 0. The average Bonchev–Trinajstić information content (AvgIpc) is 2.74. The van der Waals surface area contributed by atoms with Crippen molar-refractivity contribution >= 4 is 11.6 Å². The van der Waals surface area contributed by atoms with Gasteiger partial charge in [0.2, 0.25) is 0 Å².